The van der Waals surface area contributed by atoms with Crippen LogP contribution in [0.4, 0.5) is 5.69 Å². The number of benzene rings is 1. The molecule has 7 heteroatoms. The summed E-state index contributed by atoms with van der Waals surface area (Å²) in [5, 5.41) is 2.71. The zero-order valence-electron chi connectivity index (χ0n) is 12.0. The molecule has 0 aromatic heterocycles. The minimum Gasteiger partial charge on any atom is -0.482 e. The molecule has 1 atom stereocenters. The van der Waals surface area contributed by atoms with Gasteiger partial charge in [0, 0.05) is 6.54 Å². The lowest BCUT2D eigenvalue weighted by Crippen LogP contribution is -2.44. The van der Waals surface area contributed by atoms with Gasteiger partial charge in [0.2, 0.25) is 11.8 Å². The number of nitrogens with two attached hydrogens (primary N) is 1. The molecule has 3 N–H and O–H groups in total. The minimum atomic E-state index is -0.506. The van der Waals surface area contributed by atoms with Crippen molar-refractivity contribution in [3.05, 3.63) is 23.8 Å². The van der Waals surface area contributed by atoms with Gasteiger partial charge in [-0.15, -0.1) is 0 Å². The molecule has 2 aliphatic heterocycles. The van der Waals surface area contributed by atoms with Crippen molar-refractivity contribution in [1.29, 1.82) is 0 Å². The Morgan fingerprint density at radius 3 is 3.00 bits per heavy atom. The molecular formula is C15H17N3O4. The largest absolute Gasteiger partial charge is 0.482 e. The van der Waals surface area contributed by atoms with E-state index in [0.29, 0.717) is 24.4 Å². The van der Waals surface area contributed by atoms with Gasteiger partial charge >= 0.3 is 0 Å². The summed E-state index contributed by atoms with van der Waals surface area (Å²) in [5.41, 5.74) is 6.65. The van der Waals surface area contributed by atoms with Crippen molar-refractivity contribution >= 4 is 23.4 Å². The summed E-state index contributed by atoms with van der Waals surface area (Å²) in [6.07, 6.45) is 1.57. The third kappa shape index (κ3) is 2.74. The first kappa shape index (κ1) is 14.4. The van der Waals surface area contributed by atoms with Crippen molar-refractivity contribution in [3.8, 4) is 5.75 Å². The summed E-state index contributed by atoms with van der Waals surface area (Å²) in [6.45, 7) is 0.552. The summed E-state index contributed by atoms with van der Waals surface area (Å²) in [5.74, 6) is -0.224. The van der Waals surface area contributed by atoms with Crippen LogP contribution >= 0.6 is 0 Å². The first-order valence-electron chi connectivity index (χ1n) is 7.19. The van der Waals surface area contributed by atoms with Crippen molar-refractivity contribution in [1.82, 2.24) is 4.90 Å². The number of primary amides is 1. The fraction of sp³-hybridized carbons (Fsp3) is 0.400. The molecule has 2 heterocycles. The Morgan fingerprint density at radius 1 is 1.41 bits per heavy atom. The van der Waals surface area contributed by atoms with E-state index < -0.39 is 11.9 Å². The maximum atomic E-state index is 12.4. The molecular weight excluding hydrogens is 286 g/mol. The van der Waals surface area contributed by atoms with Gasteiger partial charge in [0.15, 0.2) is 6.61 Å². The van der Waals surface area contributed by atoms with Crippen LogP contribution in [-0.4, -0.2) is 41.8 Å². The van der Waals surface area contributed by atoms with Crippen LogP contribution in [0.15, 0.2) is 18.2 Å². The van der Waals surface area contributed by atoms with Crippen LogP contribution < -0.4 is 15.8 Å². The predicted molar refractivity (Wildman–Crippen MR) is 78.2 cm³/mol. The number of hydrogen-bond acceptors (Lipinski definition) is 4. The van der Waals surface area contributed by atoms with E-state index in [9.17, 15) is 14.4 Å². The predicted octanol–water partition coefficient (Wildman–Crippen LogP) is 0.0363. The van der Waals surface area contributed by atoms with Crippen molar-refractivity contribution in [2.75, 3.05) is 18.5 Å². The van der Waals surface area contributed by atoms with Crippen LogP contribution in [0.1, 0.15) is 18.4 Å². The lowest BCUT2D eigenvalue weighted by atomic mass is 10.1. The quantitative estimate of drug-likeness (QED) is 0.823. The number of nitrogens with one attached hydrogen (secondary N) is 1. The second-order valence-electron chi connectivity index (χ2n) is 5.49. The number of hydrogen-bond donors (Lipinski definition) is 2. The van der Waals surface area contributed by atoms with E-state index in [2.05, 4.69) is 5.32 Å². The minimum absolute atomic E-state index is 0.000648. The number of fused-ring (bicyclic) bond motifs is 1. The fourth-order valence-corrected chi connectivity index (χ4v) is 2.88. The third-order valence-corrected chi connectivity index (χ3v) is 3.93. The zero-order valence-corrected chi connectivity index (χ0v) is 12.0. The molecule has 0 aliphatic carbocycles. The first-order valence-corrected chi connectivity index (χ1v) is 7.19. The molecule has 0 spiro atoms. The third-order valence-electron chi connectivity index (χ3n) is 3.93. The first-order chi connectivity index (χ1) is 10.5. The van der Waals surface area contributed by atoms with Gasteiger partial charge in [0.25, 0.3) is 5.91 Å². The number of likely N-dealkylation sites (tertiary alicyclic amines) is 1. The lowest BCUT2D eigenvalue weighted by molar-refractivity contribution is -0.136. The summed E-state index contributed by atoms with van der Waals surface area (Å²) < 4.78 is 5.28. The molecule has 7 nitrogen and oxygen atoms in total. The molecule has 22 heavy (non-hydrogen) atoms. The molecule has 0 bridgehead atoms. The highest BCUT2D eigenvalue weighted by Crippen LogP contribution is 2.29. The van der Waals surface area contributed by atoms with Crippen LogP contribution in [0.3, 0.4) is 0 Å². The van der Waals surface area contributed by atoms with Gasteiger partial charge in [-0.2, -0.15) is 0 Å². The Kier molecular flexibility index (Phi) is 3.70. The molecule has 116 valence electrons. The van der Waals surface area contributed by atoms with E-state index in [-0.39, 0.29) is 24.8 Å². The number of amides is 3. The average Bonchev–Trinajstić information content (AvgIpc) is 2.96. The van der Waals surface area contributed by atoms with Gasteiger partial charge < -0.3 is 20.7 Å². The smallest absolute Gasteiger partial charge is 0.262 e. The molecule has 1 saturated heterocycles. The van der Waals surface area contributed by atoms with Gasteiger partial charge in [-0.3, -0.25) is 14.4 Å². The van der Waals surface area contributed by atoms with E-state index in [1.54, 1.807) is 18.2 Å². The van der Waals surface area contributed by atoms with E-state index >= 15 is 0 Å². The molecule has 0 saturated carbocycles. The number of carbonyl (C=O) groups is 3. The standard InChI is InChI=1S/C15H17N3O4/c16-15(21)11-2-1-5-18(11)14(20)7-9-3-4-12-10(6-9)17-13(19)8-22-12/h3-4,6,11H,1-2,5,7-8H2,(H2,16,21)(H,17,19)/t11-/m1/s1. The topological polar surface area (TPSA) is 102 Å². The summed E-state index contributed by atoms with van der Waals surface area (Å²) in [6, 6.07) is 4.73. The van der Waals surface area contributed by atoms with Crippen LogP contribution in [0.5, 0.6) is 5.75 Å². The van der Waals surface area contributed by atoms with Crippen LogP contribution in [-0.2, 0) is 20.8 Å². The van der Waals surface area contributed by atoms with E-state index in [4.69, 9.17) is 10.5 Å². The molecule has 1 aromatic carbocycles. The number of carbonyl (C=O) groups excluding carboxylic acids is 3. The van der Waals surface area contributed by atoms with Crippen LogP contribution in [0.2, 0.25) is 0 Å². The Labute approximate surface area is 127 Å². The highest BCUT2D eigenvalue weighted by atomic mass is 16.5. The lowest BCUT2D eigenvalue weighted by Gasteiger charge is -2.23. The highest BCUT2D eigenvalue weighted by Gasteiger charge is 2.32. The highest BCUT2D eigenvalue weighted by molar-refractivity contribution is 5.95. The molecule has 0 radical (unpaired) electrons. The van der Waals surface area contributed by atoms with E-state index in [1.807, 2.05) is 0 Å². The zero-order chi connectivity index (χ0) is 15.7. The summed E-state index contributed by atoms with van der Waals surface area (Å²) in [4.78, 5) is 36.6. The van der Waals surface area contributed by atoms with Crippen LogP contribution in [0, 0.1) is 0 Å². The van der Waals surface area contributed by atoms with E-state index in [1.165, 1.54) is 4.90 Å². The number of anilines is 1. The Hall–Kier alpha value is -2.57. The van der Waals surface area contributed by atoms with Crippen molar-refractivity contribution in [2.24, 2.45) is 5.73 Å². The van der Waals surface area contributed by atoms with Gasteiger partial charge in [0.05, 0.1) is 12.1 Å². The molecule has 3 amide bonds. The van der Waals surface area contributed by atoms with Crippen LogP contribution in [0.25, 0.3) is 0 Å². The molecule has 3 rings (SSSR count). The van der Waals surface area contributed by atoms with Gasteiger partial charge in [0.1, 0.15) is 11.8 Å². The van der Waals surface area contributed by atoms with Crippen molar-refractivity contribution < 1.29 is 19.1 Å². The van der Waals surface area contributed by atoms with Gasteiger partial charge in [-0.1, -0.05) is 6.07 Å². The average molecular weight is 303 g/mol. The molecule has 1 aromatic rings. The summed E-state index contributed by atoms with van der Waals surface area (Å²) in [7, 11) is 0. The second kappa shape index (κ2) is 5.67. The van der Waals surface area contributed by atoms with E-state index in [0.717, 1.165) is 12.0 Å². The van der Waals surface area contributed by atoms with Crippen molar-refractivity contribution in [2.45, 2.75) is 25.3 Å². The molecule has 0 unspecified atom stereocenters. The molecule has 2 aliphatic rings. The van der Waals surface area contributed by atoms with Gasteiger partial charge in [-0.25, -0.2) is 0 Å². The molecule has 1 fully saturated rings. The normalized spacial score (nSPS) is 20.1. The Balaban J connectivity index is 1.73. The van der Waals surface area contributed by atoms with Crippen molar-refractivity contribution in [3.63, 3.8) is 0 Å². The maximum Gasteiger partial charge on any atom is 0.262 e. The SMILES string of the molecule is NC(=O)[C@H]1CCCN1C(=O)Cc1ccc2c(c1)NC(=O)CO2. The fourth-order valence-electron chi connectivity index (χ4n) is 2.88. The summed E-state index contributed by atoms with van der Waals surface area (Å²) >= 11 is 0. The monoisotopic (exact) mass is 303 g/mol. The van der Waals surface area contributed by atoms with Gasteiger partial charge in [-0.05, 0) is 30.5 Å². The maximum absolute atomic E-state index is 12.4. The Morgan fingerprint density at radius 2 is 2.23 bits per heavy atom. The number of ether oxygens (including phenoxy) is 1. The second-order valence-corrected chi connectivity index (χ2v) is 5.49. The number of rotatable bonds is 3. The Bertz CT molecular complexity index is 644. The number of nitrogens with zero attached hydrogens (tertiary/aromatic N) is 1.